The number of hydrogen-bond acceptors (Lipinski definition) is 5. The maximum Gasteiger partial charge on any atom is 0.413 e. The molecule has 2 aromatic carbocycles. The number of aromatic nitrogens is 2. The van der Waals surface area contributed by atoms with E-state index in [1.807, 2.05) is 18.2 Å². The van der Waals surface area contributed by atoms with Gasteiger partial charge in [-0.1, -0.05) is 0 Å². The molecule has 7 nitrogen and oxygen atoms in total. The van der Waals surface area contributed by atoms with Crippen molar-refractivity contribution in [2.75, 3.05) is 18.2 Å². The second-order valence-electron chi connectivity index (χ2n) is 4.93. The lowest BCUT2D eigenvalue weighted by molar-refractivity contribution is 0.186. The summed E-state index contributed by atoms with van der Waals surface area (Å²) in [5, 5.41) is 2.56. The molecular formula is C16H16N4O3. The van der Waals surface area contributed by atoms with Gasteiger partial charge in [0.05, 0.1) is 18.1 Å². The van der Waals surface area contributed by atoms with Crippen molar-refractivity contribution >= 4 is 28.8 Å². The fourth-order valence-electron chi connectivity index (χ4n) is 2.16. The van der Waals surface area contributed by atoms with Crippen LogP contribution in [-0.4, -0.2) is 22.8 Å². The molecule has 3 rings (SSSR count). The summed E-state index contributed by atoms with van der Waals surface area (Å²) in [6, 6.07) is 12.6. The lowest BCUT2D eigenvalue weighted by Gasteiger charge is -2.07. The van der Waals surface area contributed by atoms with Crippen LogP contribution in [0, 0.1) is 0 Å². The van der Waals surface area contributed by atoms with Crippen LogP contribution < -0.4 is 15.8 Å². The number of amides is 1. The molecule has 3 N–H and O–H groups in total. The minimum Gasteiger partial charge on any atom is -0.457 e. The van der Waals surface area contributed by atoms with Gasteiger partial charge in [0, 0.05) is 18.8 Å². The molecule has 0 spiro atoms. The summed E-state index contributed by atoms with van der Waals surface area (Å²) in [5.74, 6) is 1.75. The quantitative estimate of drug-likeness (QED) is 0.725. The SMILES string of the molecule is COC(=O)Nc1nc2ccc(Oc3ccc(N)cc3)cc2n1C. The summed E-state index contributed by atoms with van der Waals surface area (Å²) in [6.45, 7) is 0. The highest BCUT2D eigenvalue weighted by Gasteiger charge is 2.11. The summed E-state index contributed by atoms with van der Waals surface area (Å²) in [4.78, 5) is 15.7. The number of imidazole rings is 1. The summed E-state index contributed by atoms with van der Waals surface area (Å²) >= 11 is 0. The van der Waals surface area contributed by atoms with E-state index >= 15 is 0 Å². The zero-order valence-corrected chi connectivity index (χ0v) is 12.7. The Hall–Kier alpha value is -3.22. The highest BCUT2D eigenvalue weighted by Crippen LogP contribution is 2.27. The van der Waals surface area contributed by atoms with E-state index in [1.165, 1.54) is 7.11 Å². The smallest absolute Gasteiger partial charge is 0.413 e. The molecule has 7 heteroatoms. The van der Waals surface area contributed by atoms with Crippen molar-refractivity contribution in [3.05, 3.63) is 42.5 Å². The van der Waals surface area contributed by atoms with Crippen molar-refractivity contribution in [1.29, 1.82) is 0 Å². The Balaban J connectivity index is 1.90. The number of aryl methyl sites for hydroxylation is 1. The largest absolute Gasteiger partial charge is 0.457 e. The third kappa shape index (κ3) is 3.03. The molecule has 0 bridgehead atoms. The maximum atomic E-state index is 11.3. The zero-order chi connectivity index (χ0) is 16.4. The predicted octanol–water partition coefficient (Wildman–Crippen LogP) is 3.13. The van der Waals surface area contributed by atoms with Crippen LogP contribution in [0.3, 0.4) is 0 Å². The number of nitrogens with two attached hydrogens (primary N) is 1. The van der Waals surface area contributed by atoms with E-state index < -0.39 is 6.09 Å². The van der Waals surface area contributed by atoms with Gasteiger partial charge in [0.2, 0.25) is 5.95 Å². The fraction of sp³-hybridized carbons (Fsp3) is 0.125. The minimum atomic E-state index is -0.568. The predicted molar refractivity (Wildman–Crippen MR) is 87.7 cm³/mol. The molecule has 0 aliphatic heterocycles. The average Bonchev–Trinajstić information content (AvgIpc) is 2.85. The van der Waals surface area contributed by atoms with E-state index in [9.17, 15) is 4.79 Å². The molecule has 0 radical (unpaired) electrons. The van der Waals surface area contributed by atoms with Crippen molar-refractivity contribution in [2.45, 2.75) is 0 Å². The Morgan fingerprint density at radius 1 is 1.17 bits per heavy atom. The first-order chi connectivity index (χ1) is 11.1. The van der Waals surface area contributed by atoms with Gasteiger partial charge in [0.1, 0.15) is 11.5 Å². The summed E-state index contributed by atoms with van der Waals surface area (Å²) in [6.07, 6.45) is -0.568. The number of nitrogens with one attached hydrogen (secondary N) is 1. The Bertz CT molecular complexity index is 856. The number of carbonyl (C=O) groups excluding carboxylic acids is 1. The van der Waals surface area contributed by atoms with Crippen LogP contribution in [0.1, 0.15) is 0 Å². The van der Waals surface area contributed by atoms with Crippen molar-refractivity contribution in [2.24, 2.45) is 7.05 Å². The molecule has 0 fully saturated rings. The Kier molecular flexibility index (Phi) is 3.76. The van der Waals surface area contributed by atoms with Gasteiger partial charge in [-0.15, -0.1) is 0 Å². The lowest BCUT2D eigenvalue weighted by atomic mass is 10.3. The van der Waals surface area contributed by atoms with Gasteiger partial charge >= 0.3 is 6.09 Å². The van der Waals surface area contributed by atoms with E-state index in [1.54, 1.807) is 35.9 Å². The highest BCUT2D eigenvalue weighted by atomic mass is 16.5. The Morgan fingerprint density at radius 3 is 2.57 bits per heavy atom. The number of nitrogens with zero attached hydrogens (tertiary/aromatic N) is 2. The van der Waals surface area contributed by atoms with Gasteiger partial charge < -0.3 is 19.8 Å². The van der Waals surface area contributed by atoms with Crippen molar-refractivity contribution in [1.82, 2.24) is 9.55 Å². The number of methoxy groups -OCH3 is 1. The third-order valence-electron chi connectivity index (χ3n) is 3.37. The molecule has 0 unspecified atom stereocenters. The van der Waals surface area contributed by atoms with Crippen LogP contribution in [-0.2, 0) is 11.8 Å². The topological polar surface area (TPSA) is 91.4 Å². The van der Waals surface area contributed by atoms with E-state index in [4.69, 9.17) is 10.5 Å². The molecule has 1 heterocycles. The van der Waals surface area contributed by atoms with Gasteiger partial charge in [0.15, 0.2) is 0 Å². The fourth-order valence-corrected chi connectivity index (χ4v) is 2.16. The number of carbonyl (C=O) groups is 1. The second-order valence-corrected chi connectivity index (χ2v) is 4.93. The van der Waals surface area contributed by atoms with Crippen LogP contribution in [0.4, 0.5) is 16.4 Å². The summed E-state index contributed by atoms with van der Waals surface area (Å²) in [5.41, 5.74) is 7.90. The lowest BCUT2D eigenvalue weighted by Crippen LogP contribution is -2.14. The standard InChI is InChI=1S/C16H16N4O3/c1-20-14-9-12(23-11-5-3-10(17)4-6-11)7-8-13(14)18-15(20)19-16(21)22-2/h3-9H,17H2,1-2H3,(H,18,19,21). The monoisotopic (exact) mass is 312 g/mol. The van der Waals surface area contributed by atoms with Crippen LogP contribution >= 0.6 is 0 Å². The normalized spacial score (nSPS) is 10.5. The molecule has 0 aliphatic carbocycles. The van der Waals surface area contributed by atoms with Crippen LogP contribution in [0.25, 0.3) is 11.0 Å². The maximum absolute atomic E-state index is 11.3. The molecule has 3 aromatic rings. The second kappa shape index (κ2) is 5.88. The highest BCUT2D eigenvalue weighted by molar-refractivity contribution is 5.87. The number of anilines is 2. The molecule has 118 valence electrons. The molecule has 1 amide bonds. The summed E-state index contributed by atoms with van der Waals surface area (Å²) in [7, 11) is 3.10. The van der Waals surface area contributed by atoms with Gasteiger partial charge in [-0.3, -0.25) is 5.32 Å². The first kappa shape index (κ1) is 14.7. The molecule has 0 saturated carbocycles. The van der Waals surface area contributed by atoms with Crippen molar-refractivity contribution in [3.63, 3.8) is 0 Å². The molecule has 0 saturated heterocycles. The number of ether oxygens (including phenoxy) is 2. The Labute approximate surface area is 132 Å². The third-order valence-corrected chi connectivity index (χ3v) is 3.37. The van der Waals surface area contributed by atoms with Crippen LogP contribution in [0.2, 0.25) is 0 Å². The molecule has 1 aromatic heterocycles. The molecule has 0 atom stereocenters. The Morgan fingerprint density at radius 2 is 1.87 bits per heavy atom. The molecule has 23 heavy (non-hydrogen) atoms. The van der Waals surface area contributed by atoms with E-state index in [0.29, 0.717) is 23.1 Å². The van der Waals surface area contributed by atoms with Gasteiger partial charge in [-0.25, -0.2) is 9.78 Å². The van der Waals surface area contributed by atoms with E-state index in [2.05, 4.69) is 15.0 Å². The van der Waals surface area contributed by atoms with Crippen molar-refractivity contribution < 1.29 is 14.3 Å². The van der Waals surface area contributed by atoms with E-state index in [0.717, 1.165) is 11.0 Å². The number of rotatable bonds is 3. The molecular weight excluding hydrogens is 296 g/mol. The van der Waals surface area contributed by atoms with Crippen LogP contribution in [0.15, 0.2) is 42.5 Å². The number of fused-ring (bicyclic) bond motifs is 1. The average molecular weight is 312 g/mol. The molecule has 0 aliphatic rings. The summed E-state index contributed by atoms with van der Waals surface area (Å²) < 4.78 is 12.1. The first-order valence-electron chi connectivity index (χ1n) is 6.91. The number of benzene rings is 2. The number of hydrogen-bond donors (Lipinski definition) is 2. The minimum absolute atomic E-state index is 0.400. The van der Waals surface area contributed by atoms with Gasteiger partial charge in [0.25, 0.3) is 0 Å². The van der Waals surface area contributed by atoms with Crippen LogP contribution in [0.5, 0.6) is 11.5 Å². The van der Waals surface area contributed by atoms with Gasteiger partial charge in [-0.2, -0.15) is 0 Å². The van der Waals surface area contributed by atoms with E-state index in [-0.39, 0.29) is 0 Å². The first-order valence-corrected chi connectivity index (χ1v) is 6.91. The van der Waals surface area contributed by atoms with Gasteiger partial charge in [-0.05, 0) is 36.4 Å². The number of nitrogen functional groups attached to an aromatic ring is 1. The zero-order valence-electron chi connectivity index (χ0n) is 12.7. The van der Waals surface area contributed by atoms with Crippen molar-refractivity contribution in [3.8, 4) is 11.5 Å².